The third-order valence-electron chi connectivity index (χ3n) is 5.18. The second-order valence-electron chi connectivity index (χ2n) is 7.77. The Kier molecular flexibility index (Phi) is 9.86. The molecule has 0 bridgehead atoms. The number of carbonyl (C=O) groups is 2. The van der Waals surface area contributed by atoms with Gasteiger partial charge in [-0.3, -0.25) is 9.59 Å². The third kappa shape index (κ3) is 7.59. The molecule has 0 aliphatic heterocycles. The van der Waals surface area contributed by atoms with E-state index in [0.29, 0.717) is 30.3 Å². The maximum Gasteiger partial charge on any atom is 0.261 e. The summed E-state index contributed by atoms with van der Waals surface area (Å²) in [6, 6.07) is 12.6. The van der Waals surface area contributed by atoms with Gasteiger partial charge >= 0.3 is 0 Å². The van der Waals surface area contributed by atoms with Crippen LogP contribution < -0.4 is 10.1 Å². The summed E-state index contributed by atoms with van der Waals surface area (Å²) >= 11 is 6.00. The average Bonchev–Trinajstić information content (AvgIpc) is 2.75. The minimum atomic E-state index is -0.567. The lowest BCUT2D eigenvalue weighted by Crippen LogP contribution is -2.50. The van der Waals surface area contributed by atoms with Gasteiger partial charge in [-0.05, 0) is 61.6 Å². The van der Waals surface area contributed by atoms with Crippen molar-refractivity contribution in [1.82, 2.24) is 10.2 Å². The molecule has 2 rings (SSSR count). The van der Waals surface area contributed by atoms with Crippen molar-refractivity contribution < 1.29 is 14.3 Å². The molecule has 0 saturated heterocycles. The van der Waals surface area contributed by atoms with E-state index >= 15 is 0 Å². The van der Waals surface area contributed by atoms with Gasteiger partial charge < -0.3 is 15.0 Å². The minimum Gasteiger partial charge on any atom is -0.483 e. The largest absolute Gasteiger partial charge is 0.483 e. The normalized spacial score (nSPS) is 11.6. The minimum absolute atomic E-state index is 0.128. The van der Waals surface area contributed by atoms with E-state index in [4.69, 9.17) is 16.3 Å². The number of nitrogens with one attached hydrogen (secondary N) is 1. The lowest BCUT2D eigenvalue weighted by Gasteiger charge is -2.30. The number of carbonyl (C=O) groups excluding carboxylic acids is 2. The summed E-state index contributed by atoms with van der Waals surface area (Å²) in [7, 11) is 0. The van der Waals surface area contributed by atoms with Crippen LogP contribution in [0.4, 0.5) is 0 Å². The highest BCUT2D eigenvalue weighted by atomic mass is 35.5. The SMILES string of the molecule is CCCCNC(=O)[C@H](CC)N(Cc1ccc(Cl)cc1)C(=O)COc1cc(C)ccc1C. The van der Waals surface area contributed by atoms with Crippen molar-refractivity contribution in [3.63, 3.8) is 0 Å². The van der Waals surface area contributed by atoms with Gasteiger partial charge in [0, 0.05) is 18.1 Å². The maximum absolute atomic E-state index is 13.2. The molecule has 0 aliphatic rings. The van der Waals surface area contributed by atoms with Gasteiger partial charge in [-0.25, -0.2) is 0 Å². The Bertz CT molecular complexity index is 868. The molecule has 2 aromatic rings. The fourth-order valence-electron chi connectivity index (χ4n) is 3.30. The number of benzene rings is 2. The van der Waals surface area contributed by atoms with Crippen LogP contribution in [-0.4, -0.2) is 35.9 Å². The van der Waals surface area contributed by atoms with Crippen LogP contribution in [0.25, 0.3) is 0 Å². The van der Waals surface area contributed by atoms with Crippen LogP contribution in [0.15, 0.2) is 42.5 Å². The first kappa shape index (κ1) is 24.7. The first-order valence-electron chi connectivity index (χ1n) is 10.9. The molecule has 0 unspecified atom stereocenters. The first-order chi connectivity index (χ1) is 14.8. The predicted octanol–water partition coefficient (Wildman–Crippen LogP) is 5.06. The molecule has 0 fully saturated rings. The van der Waals surface area contributed by atoms with Gasteiger partial charge in [0.15, 0.2) is 6.61 Å². The number of halogens is 1. The van der Waals surface area contributed by atoms with E-state index in [1.165, 1.54) is 0 Å². The van der Waals surface area contributed by atoms with Crippen molar-refractivity contribution in [2.45, 2.75) is 59.5 Å². The lowest BCUT2D eigenvalue weighted by atomic mass is 10.1. The van der Waals surface area contributed by atoms with Crippen LogP contribution in [0.2, 0.25) is 5.02 Å². The quantitative estimate of drug-likeness (QED) is 0.493. The Balaban J connectivity index is 2.19. The van der Waals surface area contributed by atoms with Crippen LogP contribution in [0.3, 0.4) is 0 Å². The molecule has 5 nitrogen and oxygen atoms in total. The molecule has 1 atom stereocenters. The van der Waals surface area contributed by atoms with Crippen LogP contribution in [0.1, 0.15) is 49.8 Å². The second kappa shape index (κ2) is 12.4. The smallest absolute Gasteiger partial charge is 0.261 e. The fraction of sp³-hybridized carbons (Fsp3) is 0.440. The molecule has 0 aliphatic carbocycles. The highest BCUT2D eigenvalue weighted by Crippen LogP contribution is 2.20. The van der Waals surface area contributed by atoms with Crippen molar-refractivity contribution >= 4 is 23.4 Å². The molecule has 1 N–H and O–H groups in total. The zero-order chi connectivity index (χ0) is 22.8. The summed E-state index contributed by atoms with van der Waals surface area (Å²) in [6.45, 7) is 8.70. The Morgan fingerprint density at radius 2 is 1.81 bits per heavy atom. The first-order valence-corrected chi connectivity index (χ1v) is 11.2. The molecular weight excluding hydrogens is 412 g/mol. The summed E-state index contributed by atoms with van der Waals surface area (Å²) in [5.41, 5.74) is 2.93. The molecule has 0 aromatic heterocycles. The maximum atomic E-state index is 13.2. The Morgan fingerprint density at radius 1 is 1.10 bits per heavy atom. The van der Waals surface area contributed by atoms with Crippen molar-refractivity contribution in [1.29, 1.82) is 0 Å². The van der Waals surface area contributed by atoms with E-state index in [0.717, 1.165) is 29.5 Å². The van der Waals surface area contributed by atoms with Gasteiger partial charge in [-0.15, -0.1) is 0 Å². The number of nitrogens with zero attached hydrogens (tertiary/aromatic N) is 1. The van der Waals surface area contributed by atoms with Gasteiger partial charge in [0.25, 0.3) is 5.91 Å². The summed E-state index contributed by atoms with van der Waals surface area (Å²) in [4.78, 5) is 27.7. The van der Waals surface area contributed by atoms with E-state index in [2.05, 4.69) is 12.2 Å². The fourth-order valence-corrected chi connectivity index (χ4v) is 3.42. The summed E-state index contributed by atoms with van der Waals surface area (Å²) in [6.07, 6.45) is 2.41. The molecule has 6 heteroatoms. The molecule has 0 radical (unpaired) electrons. The molecule has 2 aromatic carbocycles. The summed E-state index contributed by atoms with van der Waals surface area (Å²) in [5, 5.41) is 3.59. The van der Waals surface area contributed by atoms with E-state index in [1.807, 2.05) is 51.1 Å². The number of rotatable bonds is 11. The van der Waals surface area contributed by atoms with E-state index < -0.39 is 6.04 Å². The van der Waals surface area contributed by atoms with Gasteiger partial charge in [-0.1, -0.05) is 56.1 Å². The Labute approximate surface area is 190 Å². The number of aryl methyl sites for hydroxylation is 2. The molecular formula is C25H33ClN2O3. The van der Waals surface area contributed by atoms with Crippen LogP contribution in [0.5, 0.6) is 5.75 Å². The lowest BCUT2D eigenvalue weighted by molar-refractivity contribution is -0.143. The standard InChI is InChI=1S/C25H33ClN2O3/c1-5-7-14-27-25(30)22(6-2)28(16-20-10-12-21(26)13-11-20)24(29)17-31-23-15-18(3)8-9-19(23)4/h8-13,15,22H,5-7,14,16-17H2,1-4H3,(H,27,30)/t22-/m0/s1. The molecule has 0 spiro atoms. The van der Waals surface area contributed by atoms with Crippen LogP contribution in [-0.2, 0) is 16.1 Å². The van der Waals surface area contributed by atoms with E-state index in [-0.39, 0.29) is 18.4 Å². The monoisotopic (exact) mass is 444 g/mol. The molecule has 0 heterocycles. The number of amides is 2. The third-order valence-corrected chi connectivity index (χ3v) is 5.43. The van der Waals surface area contributed by atoms with Gasteiger partial charge in [0.1, 0.15) is 11.8 Å². The van der Waals surface area contributed by atoms with Gasteiger partial charge in [0.05, 0.1) is 0 Å². The number of unbranched alkanes of at least 4 members (excludes halogenated alkanes) is 1. The Hall–Kier alpha value is -2.53. The van der Waals surface area contributed by atoms with Gasteiger partial charge in [-0.2, -0.15) is 0 Å². The van der Waals surface area contributed by atoms with Crippen molar-refractivity contribution in [2.75, 3.05) is 13.2 Å². The van der Waals surface area contributed by atoms with E-state index in [9.17, 15) is 9.59 Å². The summed E-state index contributed by atoms with van der Waals surface area (Å²) < 4.78 is 5.85. The number of hydrogen-bond acceptors (Lipinski definition) is 3. The van der Waals surface area contributed by atoms with Crippen molar-refractivity contribution in [2.24, 2.45) is 0 Å². The highest BCUT2D eigenvalue weighted by Gasteiger charge is 2.28. The van der Waals surface area contributed by atoms with Crippen LogP contribution in [0, 0.1) is 13.8 Å². The molecule has 0 saturated carbocycles. The second-order valence-corrected chi connectivity index (χ2v) is 8.21. The van der Waals surface area contributed by atoms with E-state index in [1.54, 1.807) is 17.0 Å². The molecule has 2 amide bonds. The Morgan fingerprint density at radius 3 is 2.45 bits per heavy atom. The van der Waals surface area contributed by atoms with Gasteiger partial charge in [0.2, 0.25) is 5.91 Å². The molecule has 168 valence electrons. The van der Waals surface area contributed by atoms with Crippen LogP contribution >= 0.6 is 11.6 Å². The topological polar surface area (TPSA) is 58.6 Å². The van der Waals surface area contributed by atoms with Crippen molar-refractivity contribution in [3.8, 4) is 5.75 Å². The predicted molar refractivity (Wildman–Crippen MR) is 125 cm³/mol. The van der Waals surface area contributed by atoms with Crippen molar-refractivity contribution in [3.05, 3.63) is 64.2 Å². The number of hydrogen-bond donors (Lipinski definition) is 1. The number of ether oxygens (including phenoxy) is 1. The molecule has 31 heavy (non-hydrogen) atoms. The highest BCUT2D eigenvalue weighted by molar-refractivity contribution is 6.30. The zero-order valence-electron chi connectivity index (χ0n) is 18.9. The summed E-state index contributed by atoms with van der Waals surface area (Å²) in [5.74, 6) is 0.318. The average molecular weight is 445 g/mol. The zero-order valence-corrected chi connectivity index (χ0v) is 19.7.